The number of fused-ring (bicyclic) bond motifs is 1. The molecule has 0 spiro atoms. The Morgan fingerprint density at radius 3 is 2.59 bits per heavy atom. The van der Waals surface area contributed by atoms with Gasteiger partial charge in [0.25, 0.3) is 5.91 Å². The van der Waals surface area contributed by atoms with Gasteiger partial charge in [-0.3, -0.25) is 9.78 Å². The lowest BCUT2D eigenvalue weighted by Crippen LogP contribution is -2.16. The molecule has 2 aromatic carbocycles. The van der Waals surface area contributed by atoms with Crippen LogP contribution in [0.1, 0.15) is 23.3 Å². The lowest BCUT2D eigenvalue weighted by atomic mass is 10.2. The van der Waals surface area contributed by atoms with Crippen molar-refractivity contribution in [1.82, 2.24) is 15.3 Å². The number of halogens is 2. The molecule has 1 saturated carbocycles. The number of likely N-dealkylation sites (N-methyl/N-ethyl adjacent to an activating group) is 1. The standard InChI is InChI=1S/C27H24F2N4O4/c1-30-11-12-35-18-6-7-19-22(15-18)31-10-8-23(19)37-26-20(28)13-16(14-21(26)29)33-27(34)25-24(3-2-9-32-25)36-17-4-5-17/h2-3,6-10,13-15,17,30H,4-5,11-12H2,1H3,(H,33,34). The average Bonchev–Trinajstić information content (AvgIpc) is 3.71. The Hall–Kier alpha value is -4.31. The first-order valence-electron chi connectivity index (χ1n) is 11.8. The van der Waals surface area contributed by atoms with Gasteiger partial charge in [0.05, 0.1) is 11.6 Å². The number of pyridine rings is 2. The Kier molecular flexibility index (Phi) is 7.09. The Morgan fingerprint density at radius 2 is 1.84 bits per heavy atom. The zero-order valence-corrected chi connectivity index (χ0v) is 20.0. The van der Waals surface area contributed by atoms with Crippen molar-refractivity contribution in [2.45, 2.75) is 18.9 Å². The molecule has 10 heteroatoms. The fourth-order valence-corrected chi connectivity index (χ4v) is 3.60. The molecule has 0 bridgehead atoms. The van der Waals surface area contributed by atoms with Crippen molar-refractivity contribution < 1.29 is 27.8 Å². The molecular formula is C27H24F2N4O4. The summed E-state index contributed by atoms with van der Waals surface area (Å²) in [6.07, 6.45) is 4.80. The molecule has 5 rings (SSSR count). The van der Waals surface area contributed by atoms with Crippen molar-refractivity contribution in [2.24, 2.45) is 0 Å². The smallest absolute Gasteiger partial charge is 0.278 e. The number of carbonyl (C=O) groups excluding carboxylic acids is 1. The largest absolute Gasteiger partial charge is 0.492 e. The molecule has 2 aromatic heterocycles. The molecule has 0 saturated heterocycles. The van der Waals surface area contributed by atoms with Crippen LogP contribution in [-0.2, 0) is 0 Å². The SMILES string of the molecule is CNCCOc1ccc2c(Oc3c(F)cc(NC(=O)c4ncccc4OC4CC4)cc3F)ccnc2c1. The second-order valence-electron chi connectivity index (χ2n) is 8.43. The lowest BCUT2D eigenvalue weighted by molar-refractivity contribution is 0.101. The maximum absolute atomic E-state index is 14.9. The van der Waals surface area contributed by atoms with Gasteiger partial charge in [-0.2, -0.15) is 0 Å². The van der Waals surface area contributed by atoms with E-state index in [-0.39, 0.29) is 23.2 Å². The highest BCUT2D eigenvalue weighted by atomic mass is 19.1. The zero-order chi connectivity index (χ0) is 25.8. The predicted octanol–water partition coefficient (Wildman–Crippen LogP) is 5.09. The van der Waals surface area contributed by atoms with Gasteiger partial charge in [0.15, 0.2) is 28.8 Å². The molecule has 0 atom stereocenters. The zero-order valence-electron chi connectivity index (χ0n) is 20.0. The van der Waals surface area contributed by atoms with Crippen LogP contribution in [0.2, 0.25) is 0 Å². The monoisotopic (exact) mass is 506 g/mol. The van der Waals surface area contributed by atoms with Crippen molar-refractivity contribution in [1.29, 1.82) is 0 Å². The van der Waals surface area contributed by atoms with Crippen LogP contribution in [0.3, 0.4) is 0 Å². The summed E-state index contributed by atoms with van der Waals surface area (Å²) in [5, 5.41) is 6.02. The van der Waals surface area contributed by atoms with Gasteiger partial charge in [-0.15, -0.1) is 0 Å². The molecule has 190 valence electrons. The van der Waals surface area contributed by atoms with Gasteiger partial charge in [0.2, 0.25) is 0 Å². The van der Waals surface area contributed by atoms with Crippen LogP contribution in [0.5, 0.6) is 23.0 Å². The van der Waals surface area contributed by atoms with Gasteiger partial charge >= 0.3 is 0 Å². The molecule has 8 nitrogen and oxygen atoms in total. The Bertz CT molecular complexity index is 1420. The molecule has 37 heavy (non-hydrogen) atoms. The third-order valence-corrected chi connectivity index (χ3v) is 5.57. The van der Waals surface area contributed by atoms with Gasteiger partial charge in [0.1, 0.15) is 18.1 Å². The molecule has 2 heterocycles. The third kappa shape index (κ3) is 5.75. The highest BCUT2D eigenvalue weighted by Gasteiger charge is 2.26. The first-order chi connectivity index (χ1) is 18.0. The molecule has 0 unspecified atom stereocenters. The van der Waals surface area contributed by atoms with E-state index in [1.165, 1.54) is 18.5 Å². The van der Waals surface area contributed by atoms with Crippen LogP contribution in [-0.4, -0.2) is 42.2 Å². The maximum Gasteiger partial charge on any atom is 0.278 e. The lowest BCUT2D eigenvalue weighted by Gasteiger charge is -2.13. The van der Waals surface area contributed by atoms with Crippen LogP contribution >= 0.6 is 0 Å². The van der Waals surface area contributed by atoms with E-state index in [0.29, 0.717) is 35.6 Å². The highest BCUT2D eigenvalue weighted by molar-refractivity contribution is 6.04. The van der Waals surface area contributed by atoms with Crippen molar-refractivity contribution in [2.75, 3.05) is 25.5 Å². The van der Waals surface area contributed by atoms with Crippen LogP contribution in [0.4, 0.5) is 14.5 Å². The minimum atomic E-state index is -0.984. The van der Waals surface area contributed by atoms with Gasteiger partial charge in [-0.25, -0.2) is 13.8 Å². The molecule has 0 aliphatic heterocycles. The molecule has 1 amide bonds. The highest BCUT2D eigenvalue weighted by Crippen LogP contribution is 2.35. The number of hydrogen-bond donors (Lipinski definition) is 2. The summed E-state index contributed by atoms with van der Waals surface area (Å²) in [7, 11) is 1.83. The number of anilines is 1. The molecule has 2 N–H and O–H groups in total. The van der Waals surface area contributed by atoms with Crippen LogP contribution in [0.15, 0.2) is 60.9 Å². The van der Waals surface area contributed by atoms with E-state index in [9.17, 15) is 13.6 Å². The number of hydrogen-bond acceptors (Lipinski definition) is 7. The third-order valence-electron chi connectivity index (χ3n) is 5.57. The molecule has 1 aliphatic carbocycles. The topological polar surface area (TPSA) is 94.6 Å². The summed E-state index contributed by atoms with van der Waals surface area (Å²) in [5.41, 5.74) is 0.496. The van der Waals surface area contributed by atoms with Crippen molar-refractivity contribution in [3.63, 3.8) is 0 Å². The number of amides is 1. The molecular weight excluding hydrogens is 482 g/mol. The van der Waals surface area contributed by atoms with E-state index >= 15 is 0 Å². The van der Waals surface area contributed by atoms with E-state index in [0.717, 1.165) is 25.0 Å². The van der Waals surface area contributed by atoms with Gasteiger partial charge in [-0.05, 0) is 50.2 Å². The predicted molar refractivity (Wildman–Crippen MR) is 133 cm³/mol. The molecule has 1 aliphatic rings. The average molecular weight is 507 g/mol. The van der Waals surface area contributed by atoms with Crippen LogP contribution < -0.4 is 24.8 Å². The summed E-state index contributed by atoms with van der Waals surface area (Å²) in [6.45, 7) is 1.16. The summed E-state index contributed by atoms with van der Waals surface area (Å²) in [5.74, 6) is -2.05. The summed E-state index contributed by atoms with van der Waals surface area (Å²) >= 11 is 0. The number of nitrogens with one attached hydrogen (secondary N) is 2. The second kappa shape index (κ2) is 10.8. The Morgan fingerprint density at radius 1 is 1.03 bits per heavy atom. The number of carbonyl (C=O) groups is 1. The van der Waals surface area contributed by atoms with E-state index in [4.69, 9.17) is 14.2 Å². The summed E-state index contributed by atoms with van der Waals surface area (Å²) < 4.78 is 46.9. The normalized spacial score (nSPS) is 12.8. The number of benzene rings is 2. The Balaban J connectivity index is 1.34. The fourth-order valence-electron chi connectivity index (χ4n) is 3.60. The van der Waals surface area contributed by atoms with E-state index in [1.807, 2.05) is 7.05 Å². The number of aromatic nitrogens is 2. The second-order valence-corrected chi connectivity index (χ2v) is 8.43. The van der Waals surface area contributed by atoms with E-state index in [1.54, 1.807) is 30.3 Å². The van der Waals surface area contributed by atoms with Crippen molar-refractivity contribution in [3.8, 4) is 23.0 Å². The van der Waals surface area contributed by atoms with Crippen LogP contribution in [0.25, 0.3) is 10.9 Å². The first kappa shape index (κ1) is 24.4. The minimum absolute atomic E-state index is 0.0353. The number of ether oxygens (including phenoxy) is 3. The van der Waals surface area contributed by atoms with Gasteiger partial charge < -0.3 is 24.8 Å². The van der Waals surface area contributed by atoms with E-state index in [2.05, 4.69) is 20.6 Å². The van der Waals surface area contributed by atoms with Gasteiger partial charge in [0, 0.05) is 48.2 Å². The summed E-state index contributed by atoms with van der Waals surface area (Å²) in [6, 6.07) is 11.9. The minimum Gasteiger partial charge on any atom is -0.492 e. The van der Waals surface area contributed by atoms with Crippen molar-refractivity contribution >= 4 is 22.5 Å². The maximum atomic E-state index is 14.9. The quantitative estimate of drug-likeness (QED) is 0.289. The van der Waals surface area contributed by atoms with Crippen LogP contribution in [0, 0.1) is 11.6 Å². The molecule has 1 fully saturated rings. The Labute approximate surface area is 211 Å². The number of rotatable bonds is 10. The fraction of sp³-hybridized carbons (Fsp3) is 0.222. The summed E-state index contributed by atoms with van der Waals surface area (Å²) in [4.78, 5) is 21.1. The molecule has 4 aromatic rings. The van der Waals surface area contributed by atoms with Crippen molar-refractivity contribution in [3.05, 3.63) is 78.3 Å². The molecule has 0 radical (unpaired) electrons. The van der Waals surface area contributed by atoms with Gasteiger partial charge in [-0.1, -0.05) is 0 Å². The number of nitrogens with zero attached hydrogens (tertiary/aromatic N) is 2. The first-order valence-corrected chi connectivity index (χ1v) is 11.8. The van der Waals surface area contributed by atoms with E-state index < -0.39 is 23.3 Å².